The van der Waals surface area contributed by atoms with E-state index >= 15 is 0 Å². The first-order valence-corrected chi connectivity index (χ1v) is 11.5. The topological polar surface area (TPSA) is 89.9 Å². The molecule has 0 unspecified atom stereocenters. The van der Waals surface area contributed by atoms with Gasteiger partial charge in [-0.15, -0.1) is 0 Å². The second-order valence-electron chi connectivity index (χ2n) is 7.73. The number of benzene rings is 1. The molecule has 3 aliphatic rings. The molecule has 0 atom stereocenters. The van der Waals surface area contributed by atoms with Crippen LogP contribution in [0.2, 0.25) is 0 Å². The van der Waals surface area contributed by atoms with Gasteiger partial charge in [-0.2, -0.15) is 8.42 Å². The summed E-state index contributed by atoms with van der Waals surface area (Å²) in [4.78, 5) is 9.83. The monoisotopic (exact) mass is 412 g/mol. The van der Waals surface area contributed by atoms with Crippen LogP contribution in [0.1, 0.15) is 70.8 Å². The molecular formula is C21H32O6S. The summed E-state index contributed by atoms with van der Waals surface area (Å²) in [6.45, 7) is 7.02. The van der Waals surface area contributed by atoms with E-state index in [4.69, 9.17) is 14.0 Å². The van der Waals surface area contributed by atoms with E-state index < -0.39 is 10.1 Å². The summed E-state index contributed by atoms with van der Waals surface area (Å²) in [6.07, 6.45) is 8.46. The molecule has 158 valence electrons. The minimum absolute atomic E-state index is 0.0421. The number of carbonyl (C=O) groups excluding carboxylic acids is 1. The minimum atomic E-state index is -4.02. The summed E-state index contributed by atoms with van der Waals surface area (Å²) in [5.41, 5.74) is 0.998. The lowest BCUT2D eigenvalue weighted by Crippen LogP contribution is -2.41. The maximum Gasteiger partial charge on any atom is 0.294 e. The fourth-order valence-electron chi connectivity index (χ4n) is 3.06. The van der Waals surface area contributed by atoms with Gasteiger partial charge in [0, 0.05) is 25.7 Å². The number of ether oxygens (including phenoxy) is 2. The first-order valence-electron chi connectivity index (χ1n) is 10.0. The van der Waals surface area contributed by atoms with Crippen molar-refractivity contribution in [1.29, 1.82) is 0 Å². The van der Waals surface area contributed by atoms with Crippen LogP contribution in [-0.2, 0) is 24.4 Å². The Labute approximate surface area is 168 Å². The fourth-order valence-corrected chi connectivity index (χ4v) is 3.54. The molecule has 0 bridgehead atoms. The van der Waals surface area contributed by atoms with Gasteiger partial charge < -0.3 is 9.47 Å². The van der Waals surface area contributed by atoms with E-state index in [9.17, 15) is 13.2 Å². The molecule has 4 rings (SSSR count). The number of aryl methyl sites for hydroxylation is 1. The molecule has 7 heteroatoms. The molecule has 1 heterocycles. The molecular weight excluding hydrogens is 380 g/mol. The maximum atomic E-state index is 10.5. The molecule has 1 aromatic rings. The van der Waals surface area contributed by atoms with Gasteiger partial charge in [-0.3, -0.25) is 9.35 Å². The lowest BCUT2D eigenvalue weighted by molar-refractivity contribution is -0.232. The highest BCUT2D eigenvalue weighted by molar-refractivity contribution is 7.85. The highest BCUT2D eigenvalue weighted by Gasteiger charge is 2.51. The SMILES string of the molecule is CCC1(CC)COC2(CCC2)O1.Cc1ccc(S(=O)(=O)O)cc1.O=C1CCC1. The van der Waals surface area contributed by atoms with E-state index in [0.717, 1.165) is 57.1 Å². The zero-order valence-corrected chi connectivity index (χ0v) is 17.9. The van der Waals surface area contributed by atoms with Crippen molar-refractivity contribution in [2.45, 2.75) is 88.4 Å². The Hall–Kier alpha value is -1.28. The summed E-state index contributed by atoms with van der Waals surface area (Å²) in [7, 11) is -4.02. The Balaban J connectivity index is 0.000000162. The van der Waals surface area contributed by atoms with Crippen molar-refractivity contribution in [1.82, 2.24) is 0 Å². The van der Waals surface area contributed by atoms with Crippen molar-refractivity contribution < 1.29 is 27.2 Å². The van der Waals surface area contributed by atoms with Crippen molar-refractivity contribution in [3.8, 4) is 0 Å². The van der Waals surface area contributed by atoms with Gasteiger partial charge >= 0.3 is 0 Å². The first kappa shape index (κ1) is 23.0. The number of Topliss-reactive ketones (excluding diaryl/α,β-unsaturated/α-hetero) is 1. The van der Waals surface area contributed by atoms with Crippen molar-refractivity contribution in [3.05, 3.63) is 29.8 Å². The van der Waals surface area contributed by atoms with Crippen LogP contribution >= 0.6 is 0 Å². The third kappa shape index (κ3) is 6.11. The van der Waals surface area contributed by atoms with Gasteiger partial charge in [0.25, 0.3) is 10.1 Å². The lowest BCUT2D eigenvalue weighted by atomic mass is 9.91. The van der Waals surface area contributed by atoms with Crippen LogP contribution in [0.4, 0.5) is 0 Å². The standard InChI is InChI=1S/C10H18O2.C7H8O3S.C4H6O/c1-3-9(4-2)8-11-10(12-9)6-5-7-10;1-6-2-4-7(5-3-6)11(8,9)10;5-4-2-1-3-4/h3-8H2,1-2H3;2-5H,1H3,(H,8,9,10);1-3H2. The molecule has 1 spiro atoms. The molecule has 6 nitrogen and oxygen atoms in total. The molecule has 1 saturated heterocycles. The van der Waals surface area contributed by atoms with Gasteiger partial charge in [0.2, 0.25) is 0 Å². The highest BCUT2D eigenvalue weighted by Crippen LogP contribution is 2.47. The summed E-state index contributed by atoms with van der Waals surface area (Å²) in [5, 5.41) is 0. The predicted octanol–water partition coefficient (Wildman–Crippen LogP) is 4.45. The van der Waals surface area contributed by atoms with E-state index in [2.05, 4.69) is 13.8 Å². The molecule has 1 aromatic carbocycles. The van der Waals surface area contributed by atoms with Gasteiger partial charge in [-0.1, -0.05) is 31.5 Å². The molecule has 2 saturated carbocycles. The lowest BCUT2D eigenvalue weighted by Gasteiger charge is -2.38. The van der Waals surface area contributed by atoms with Gasteiger partial charge in [0.05, 0.1) is 17.1 Å². The summed E-state index contributed by atoms with van der Waals surface area (Å²) >= 11 is 0. The Morgan fingerprint density at radius 1 is 1.04 bits per heavy atom. The van der Waals surface area contributed by atoms with Crippen LogP contribution in [0.25, 0.3) is 0 Å². The molecule has 1 N–H and O–H groups in total. The average molecular weight is 413 g/mol. The molecule has 1 aliphatic heterocycles. The van der Waals surface area contributed by atoms with Gasteiger partial charge in [-0.25, -0.2) is 0 Å². The summed E-state index contributed by atoms with van der Waals surface area (Å²) in [5.74, 6) is 0.288. The van der Waals surface area contributed by atoms with Crippen molar-refractivity contribution >= 4 is 15.9 Å². The maximum absolute atomic E-state index is 10.5. The quantitative estimate of drug-likeness (QED) is 0.738. The van der Waals surface area contributed by atoms with Crippen molar-refractivity contribution in [2.24, 2.45) is 0 Å². The average Bonchev–Trinajstić information content (AvgIpc) is 3.02. The Morgan fingerprint density at radius 3 is 1.82 bits per heavy atom. The third-order valence-corrected chi connectivity index (χ3v) is 6.50. The largest absolute Gasteiger partial charge is 0.347 e. The number of carbonyl (C=O) groups is 1. The van der Waals surface area contributed by atoms with E-state index in [1.807, 2.05) is 6.92 Å². The number of rotatable bonds is 3. The van der Waals surface area contributed by atoms with E-state index in [0.29, 0.717) is 5.78 Å². The van der Waals surface area contributed by atoms with E-state index in [1.165, 1.54) is 18.6 Å². The van der Waals surface area contributed by atoms with Crippen LogP contribution < -0.4 is 0 Å². The number of ketones is 1. The molecule has 3 fully saturated rings. The second kappa shape index (κ2) is 9.48. The smallest absolute Gasteiger partial charge is 0.294 e. The van der Waals surface area contributed by atoms with Crippen LogP contribution in [0.15, 0.2) is 29.2 Å². The summed E-state index contributed by atoms with van der Waals surface area (Å²) in [6, 6.07) is 5.99. The molecule has 2 aliphatic carbocycles. The first-order chi connectivity index (χ1) is 13.1. The fraction of sp³-hybridized carbons (Fsp3) is 0.667. The van der Waals surface area contributed by atoms with Crippen LogP contribution in [-0.4, -0.2) is 36.7 Å². The van der Waals surface area contributed by atoms with Crippen LogP contribution in [0.5, 0.6) is 0 Å². The Bertz CT molecular complexity index is 740. The zero-order valence-electron chi connectivity index (χ0n) is 17.1. The van der Waals surface area contributed by atoms with Crippen LogP contribution in [0, 0.1) is 6.92 Å². The zero-order chi connectivity index (χ0) is 20.8. The minimum Gasteiger partial charge on any atom is -0.347 e. The van der Waals surface area contributed by atoms with Crippen LogP contribution in [0.3, 0.4) is 0 Å². The molecule has 0 amide bonds. The van der Waals surface area contributed by atoms with Gasteiger partial charge in [-0.05, 0) is 44.7 Å². The third-order valence-electron chi connectivity index (χ3n) is 5.63. The van der Waals surface area contributed by atoms with E-state index in [-0.39, 0.29) is 16.3 Å². The molecule has 0 radical (unpaired) electrons. The highest BCUT2D eigenvalue weighted by atomic mass is 32.2. The van der Waals surface area contributed by atoms with Crippen molar-refractivity contribution in [3.63, 3.8) is 0 Å². The number of hydrogen-bond acceptors (Lipinski definition) is 5. The normalized spacial score (nSPS) is 21.5. The molecule has 0 aromatic heterocycles. The van der Waals surface area contributed by atoms with E-state index in [1.54, 1.807) is 12.1 Å². The van der Waals surface area contributed by atoms with Gasteiger partial charge in [0.15, 0.2) is 5.79 Å². The van der Waals surface area contributed by atoms with Gasteiger partial charge in [0.1, 0.15) is 5.78 Å². The predicted molar refractivity (Wildman–Crippen MR) is 107 cm³/mol. The molecule has 28 heavy (non-hydrogen) atoms. The second-order valence-corrected chi connectivity index (χ2v) is 9.15. The summed E-state index contributed by atoms with van der Waals surface area (Å²) < 4.78 is 41.4. The Kier molecular flexibility index (Phi) is 7.79. The number of hydrogen-bond donors (Lipinski definition) is 1. The Morgan fingerprint density at radius 2 is 1.57 bits per heavy atom. The van der Waals surface area contributed by atoms with Crippen molar-refractivity contribution in [2.75, 3.05) is 6.61 Å².